The third-order valence-electron chi connectivity index (χ3n) is 8.61. The predicted octanol–water partition coefficient (Wildman–Crippen LogP) is 0.764. The van der Waals surface area contributed by atoms with E-state index in [1.54, 1.807) is 26.2 Å². The number of aromatic nitrogens is 4. The molecule has 0 unspecified atom stereocenters. The van der Waals surface area contributed by atoms with Gasteiger partial charge in [-0.25, -0.2) is 9.97 Å². The Balaban J connectivity index is 1.91. The Kier molecular flexibility index (Phi) is 14.2. The molecule has 258 valence electrons. The lowest BCUT2D eigenvalue weighted by molar-refractivity contribution is -0.129. The van der Waals surface area contributed by atoms with E-state index in [2.05, 4.69) is 9.80 Å². The fraction of sp³-hybridized carbons (Fsp3) is 0.774. The number of likely N-dealkylation sites (N-methyl/N-ethyl adjacent to an activating group) is 1. The van der Waals surface area contributed by atoms with Crippen molar-refractivity contribution in [2.45, 2.75) is 44.6 Å². The summed E-state index contributed by atoms with van der Waals surface area (Å²) in [6.07, 6.45) is 4.57. The van der Waals surface area contributed by atoms with Crippen molar-refractivity contribution in [3.63, 3.8) is 0 Å². The number of aliphatic hydroxyl groups excluding tert-OH is 2. The topological polar surface area (TPSA) is 153 Å². The molecule has 0 spiro atoms. The molecule has 0 saturated carbocycles. The van der Waals surface area contributed by atoms with Gasteiger partial charge in [-0.2, -0.15) is 9.97 Å². The van der Waals surface area contributed by atoms with E-state index >= 15 is 0 Å². The molecule has 0 bridgehead atoms. The zero-order valence-electron chi connectivity index (χ0n) is 28.1. The number of hydrogen-bond donors (Lipinski definition) is 2. The van der Waals surface area contributed by atoms with Crippen LogP contribution in [0.2, 0.25) is 0 Å². The number of piperazine rings is 1. The first-order valence-electron chi connectivity index (χ1n) is 16.5. The van der Waals surface area contributed by atoms with Gasteiger partial charge in [0.2, 0.25) is 17.8 Å². The molecule has 46 heavy (non-hydrogen) atoms. The standard InChI is InChI=1S/C31H53N9O6/c1-36-17-18-40(23-25(36)43)29-27-26(32-31(35-29)38(11-5-19-41)12-6-20-42)28(37-15-9-24(46-4)10-16-37)34-30(33-27)39(13-7-21-44-2)14-8-22-45-3/h24,41-42H,5-23H2,1-4H3. The minimum Gasteiger partial charge on any atom is -0.396 e. The minimum absolute atomic E-state index is 0.00822. The fourth-order valence-electron chi connectivity index (χ4n) is 5.88. The number of carbonyl (C=O) groups is 1. The van der Waals surface area contributed by atoms with Crippen LogP contribution in [0.25, 0.3) is 11.0 Å². The van der Waals surface area contributed by atoms with E-state index < -0.39 is 0 Å². The van der Waals surface area contributed by atoms with Crippen LogP contribution in [0.1, 0.15) is 38.5 Å². The van der Waals surface area contributed by atoms with Crippen LogP contribution in [-0.4, -0.2) is 161 Å². The van der Waals surface area contributed by atoms with Crippen molar-refractivity contribution in [1.29, 1.82) is 0 Å². The smallest absolute Gasteiger partial charge is 0.241 e. The second kappa shape index (κ2) is 18.3. The van der Waals surface area contributed by atoms with Crippen molar-refractivity contribution in [1.82, 2.24) is 24.8 Å². The molecule has 2 aromatic rings. The summed E-state index contributed by atoms with van der Waals surface area (Å²) in [5, 5.41) is 19.3. The molecule has 15 nitrogen and oxygen atoms in total. The van der Waals surface area contributed by atoms with E-state index in [0.29, 0.717) is 94.1 Å². The molecule has 2 N–H and O–H groups in total. The first-order valence-corrected chi connectivity index (χ1v) is 16.5. The van der Waals surface area contributed by atoms with Crippen molar-refractivity contribution in [3.8, 4) is 0 Å². The summed E-state index contributed by atoms with van der Waals surface area (Å²) in [6.45, 7) is 6.55. The van der Waals surface area contributed by atoms with Gasteiger partial charge < -0.3 is 48.9 Å². The number of fused-ring (bicyclic) bond motifs is 1. The number of aliphatic hydroxyl groups is 2. The Morgan fingerprint density at radius 3 is 1.67 bits per heavy atom. The summed E-state index contributed by atoms with van der Waals surface area (Å²) in [6, 6.07) is 0. The molecule has 2 aromatic heterocycles. The van der Waals surface area contributed by atoms with Crippen LogP contribution < -0.4 is 19.6 Å². The molecule has 0 radical (unpaired) electrons. The molecule has 0 aromatic carbocycles. The SMILES string of the molecule is COCCCN(CCCOC)c1nc(N2CCC(OC)CC2)c2nc(N(CCCO)CCCO)nc(N3CCN(C)C(=O)C3)c2n1. The van der Waals surface area contributed by atoms with Gasteiger partial charge in [0, 0.05) is 107 Å². The number of amides is 1. The van der Waals surface area contributed by atoms with E-state index in [9.17, 15) is 15.0 Å². The van der Waals surface area contributed by atoms with Gasteiger partial charge >= 0.3 is 0 Å². The Bertz CT molecular complexity index is 1210. The van der Waals surface area contributed by atoms with Crippen molar-refractivity contribution in [3.05, 3.63) is 0 Å². The summed E-state index contributed by atoms with van der Waals surface area (Å²) in [4.78, 5) is 43.6. The molecule has 15 heteroatoms. The van der Waals surface area contributed by atoms with Crippen molar-refractivity contribution >= 4 is 40.5 Å². The van der Waals surface area contributed by atoms with E-state index in [0.717, 1.165) is 44.6 Å². The second-order valence-corrected chi connectivity index (χ2v) is 11.9. The van der Waals surface area contributed by atoms with E-state index in [1.165, 1.54) is 0 Å². The lowest BCUT2D eigenvalue weighted by atomic mass is 10.1. The summed E-state index contributed by atoms with van der Waals surface area (Å²) in [5.74, 6) is 2.38. The summed E-state index contributed by atoms with van der Waals surface area (Å²) < 4.78 is 16.4. The average molecular weight is 648 g/mol. The van der Waals surface area contributed by atoms with Crippen molar-refractivity contribution in [2.24, 2.45) is 0 Å². The van der Waals surface area contributed by atoms with E-state index in [-0.39, 0.29) is 31.8 Å². The Hall–Kier alpha value is -3.11. The minimum atomic E-state index is 0.00822. The van der Waals surface area contributed by atoms with Gasteiger partial charge in [0.25, 0.3) is 0 Å². The normalized spacial score (nSPS) is 16.1. The number of carbonyl (C=O) groups excluding carboxylic acids is 1. The number of rotatable bonds is 19. The molecule has 4 heterocycles. The van der Waals surface area contributed by atoms with Gasteiger partial charge in [-0.15, -0.1) is 0 Å². The summed E-state index contributed by atoms with van der Waals surface area (Å²) in [5.41, 5.74) is 1.22. The fourth-order valence-corrected chi connectivity index (χ4v) is 5.88. The van der Waals surface area contributed by atoms with Crippen molar-refractivity contribution in [2.75, 3.05) is 133 Å². The molecule has 0 aliphatic carbocycles. The molecule has 2 fully saturated rings. The highest BCUT2D eigenvalue weighted by atomic mass is 16.5. The van der Waals surface area contributed by atoms with Gasteiger partial charge in [-0.05, 0) is 38.5 Å². The lowest BCUT2D eigenvalue weighted by Gasteiger charge is -2.35. The maximum atomic E-state index is 12.9. The molecule has 2 aliphatic rings. The number of nitrogens with zero attached hydrogens (tertiary/aromatic N) is 9. The molecule has 0 atom stereocenters. The van der Waals surface area contributed by atoms with Crippen molar-refractivity contribution < 1.29 is 29.2 Å². The second-order valence-electron chi connectivity index (χ2n) is 11.9. The Labute approximate surface area is 272 Å². The lowest BCUT2D eigenvalue weighted by Crippen LogP contribution is -2.49. The molecular formula is C31H53N9O6. The highest BCUT2D eigenvalue weighted by molar-refractivity contribution is 5.96. The van der Waals surface area contributed by atoms with E-state index in [4.69, 9.17) is 34.1 Å². The maximum Gasteiger partial charge on any atom is 0.241 e. The largest absolute Gasteiger partial charge is 0.396 e. The van der Waals surface area contributed by atoms with Crippen LogP contribution in [0, 0.1) is 0 Å². The van der Waals surface area contributed by atoms with Crippen LogP contribution in [0.15, 0.2) is 0 Å². The molecular weight excluding hydrogens is 594 g/mol. The first-order chi connectivity index (χ1) is 22.4. The molecule has 2 aliphatic heterocycles. The van der Waals surface area contributed by atoms with Gasteiger partial charge in [-0.3, -0.25) is 4.79 Å². The van der Waals surface area contributed by atoms with Crippen LogP contribution in [0.4, 0.5) is 23.5 Å². The molecule has 4 rings (SSSR count). The first kappa shape index (κ1) is 35.7. The highest BCUT2D eigenvalue weighted by Gasteiger charge is 2.30. The molecule has 1 amide bonds. The van der Waals surface area contributed by atoms with Crippen LogP contribution in [0.5, 0.6) is 0 Å². The summed E-state index contributed by atoms with van der Waals surface area (Å²) in [7, 11) is 6.97. The zero-order chi connectivity index (χ0) is 32.9. The quantitative estimate of drug-likeness (QED) is 0.206. The zero-order valence-corrected chi connectivity index (χ0v) is 28.1. The van der Waals surface area contributed by atoms with Gasteiger partial charge in [0.05, 0.1) is 12.6 Å². The predicted molar refractivity (Wildman–Crippen MR) is 178 cm³/mol. The van der Waals surface area contributed by atoms with E-state index in [1.807, 2.05) is 16.8 Å². The number of piperidine rings is 1. The molecule has 2 saturated heterocycles. The van der Waals surface area contributed by atoms with Crippen LogP contribution in [0.3, 0.4) is 0 Å². The van der Waals surface area contributed by atoms with Gasteiger partial charge in [0.15, 0.2) is 11.6 Å². The third kappa shape index (κ3) is 9.25. The highest BCUT2D eigenvalue weighted by Crippen LogP contribution is 2.34. The monoisotopic (exact) mass is 647 g/mol. The number of hydrogen-bond acceptors (Lipinski definition) is 14. The maximum absolute atomic E-state index is 12.9. The average Bonchev–Trinajstić information content (AvgIpc) is 3.08. The Morgan fingerprint density at radius 2 is 1.22 bits per heavy atom. The Morgan fingerprint density at radius 1 is 0.717 bits per heavy atom. The third-order valence-corrected chi connectivity index (χ3v) is 8.61. The number of ether oxygens (including phenoxy) is 3. The van der Waals surface area contributed by atoms with Crippen LogP contribution in [-0.2, 0) is 19.0 Å². The summed E-state index contributed by atoms with van der Waals surface area (Å²) >= 11 is 0. The van der Waals surface area contributed by atoms with Gasteiger partial charge in [0.1, 0.15) is 11.0 Å². The number of methoxy groups -OCH3 is 3. The number of anilines is 4. The van der Waals surface area contributed by atoms with Gasteiger partial charge in [-0.1, -0.05) is 0 Å². The van der Waals surface area contributed by atoms with Crippen LogP contribution >= 0.6 is 0 Å².